The van der Waals surface area contributed by atoms with Crippen molar-refractivity contribution in [1.82, 2.24) is 9.88 Å². The molecule has 0 unspecified atom stereocenters. The summed E-state index contributed by atoms with van der Waals surface area (Å²) in [7, 11) is 0. The Labute approximate surface area is 173 Å². The number of fused-ring (bicyclic) bond motifs is 1. The molecule has 1 aromatic carbocycles. The largest absolute Gasteiger partial charge is 0.384 e. The highest BCUT2D eigenvalue weighted by atomic mass is 16.2. The number of carbonyl (C=O) groups is 1. The molecule has 1 amide bonds. The van der Waals surface area contributed by atoms with Gasteiger partial charge in [-0.15, -0.1) is 0 Å². The van der Waals surface area contributed by atoms with E-state index in [4.69, 9.17) is 5.73 Å². The van der Waals surface area contributed by atoms with Crippen molar-refractivity contribution in [1.29, 1.82) is 0 Å². The van der Waals surface area contributed by atoms with Gasteiger partial charge in [0.1, 0.15) is 5.84 Å². The van der Waals surface area contributed by atoms with Crippen molar-refractivity contribution >= 4 is 22.6 Å². The summed E-state index contributed by atoms with van der Waals surface area (Å²) in [5.74, 6) is 1.62. The van der Waals surface area contributed by atoms with Crippen LogP contribution in [0.5, 0.6) is 0 Å². The van der Waals surface area contributed by atoms with E-state index in [0.29, 0.717) is 30.2 Å². The molecule has 1 aliphatic heterocycles. The topological polar surface area (TPSA) is 74.5 Å². The normalized spacial score (nSPS) is 20.8. The van der Waals surface area contributed by atoms with Crippen molar-refractivity contribution in [2.75, 3.05) is 13.1 Å². The highest BCUT2D eigenvalue weighted by Crippen LogP contribution is 2.30. The lowest BCUT2D eigenvalue weighted by Gasteiger charge is -2.26. The summed E-state index contributed by atoms with van der Waals surface area (Å²) in [4.78, 5) is 22.8. The molecule has 156 valence electrons. The van der Waals surface area contributed by atoms with Gasteiger partial charge in [-0.05, 0) is 68.9 Å². The minimum absolute atomic E-state index is 0.395. The number of aliphatic imine (C=N–C) groups is 1. The molecule has 0 bridgehead atoms. The molecule has 0 spiro atoms. The molecule has 1 aromatic heterocycles. The number of aromatic nitrogens is 1. The summed E-state index contributed by atoms with van der Waals surface area (Å²) in [6, 6.07) is 8.86. The highest BCUT2D eigenvalue weighted by Gasteiger charge is 2.30. The minimum Gasteiger partial charge on any atom is -0.384 e. The summed E-state index contributed by atoms with van der Waals surface area (Å²) in [6.07, 6.45) is 10.2. The third kappa shape index (κ3) is 4.65. The molecule has 2 fully saturated rings. The lowest BCUT2D eigenvalue weighted by Crippen LogP contribution is -2.36. The molecule has 4 rings (SSSR count). The molecule has 1 saturated carbocycles. The van der Waals surface area contributed by atoms with E-state index in [1.807, 2.05) is 13.0 Å². The van der Waals surface area contributed by atoms with Crippen molar-refractivity contribution in [3.05, 3.63) is 35.5 Å². The van der Waals surface area contributed by atoms with Crippen molar-refractivity contribution in [2.24, 2.45) is 16.6 Å². The van der Waals surface area contributed by atoms with Gasteiger partial charge in [-0.25, -0.2) is 0 Å². The van der Waals surface area contributed by atoms with E-state index in [2.05, 4.69) is 33.1 Å². The number of benzene rings is 1. The van der Waals surface area contributed by atoms with Crippen LogP contribution in [0.25, 0.3) is 10.9 Å². The number of nitrogens with one attached hydrogen (secondary N) is 1. The SMILES string of the molecule is CCN=C(N)c1ccc2cc(CC[C@@H]3CCCN3C(=O)CC3CCCC3)[nH]c2c1. The fourth-order valence-electron chi connectivity index (χ4n) is 5.11. The van der Waals surface area contributed by atoms with Crippen molar-refractivity contribution < 1.29 is 4.79 Å². The molecule has 2 aliphatic rings. The smallest absolute Gasteiger partial charge is 0.223 e. The fourth-order valence-corrected chi connectivity index (χ4v) is 5.11. The Morgan fingerprint density at radius 2 is 2.03 bits per heavy atom. The summed E-state index contributed by atoms with van der Waals surface area (Å²) in [5, 5.41) is 1.20. The second-order valence-corrected chi connectivity index (χ2v) is 8.73. The van der Waals surface area contributed by atoms with Crippen LogP contribution in [0.1, 0.15) is 69.5 Å². The number of amidine groups is 1. The van der Waals surface area contributed by atoms with Gasteiger partial charge in [0.25, 0.3) is 0 Å². The van der Waals surface area contributed by atoms with E-state index < -0.39 is 0 Å². The first-order valence-electron chi connectivity index (χ1n) is 11.4. The Kier molecular flexibility index (Phi) is 6.22. The zero-order valence-electron chi connectivity index (χ0n) is 17.6. The Bertz CT molecular complexity index is 878. The van der Waals surface area contributed by atoms with Gasteiger partial charge in [-0.2, -0.15) is 0 Å². The van der Waals surface area contributed by atoms with Gasteiger partial charge in [0.2, 0.25) is 5.91 Å². The number of H-pyrrole nitrogens is 1. The van der Waals surface area contributed by atoms with Crippen LogP contribution in [-0.4, -0.2) is 40.8 Å². The number of likely N-dealkylation sites (tertiary alicyclic amines) is 1. The van der Waals surface area contributed by atoms with Gasteiger partial charge in [0.05, 0.1) is 0 Å². The number of nitrogens with zero attached hydrogens (tertiary/aromatic N) is 2. The molecule has 1 aliphatic carbocycles. The van der Waals surface area contributed by atoms with E-state index in [-0.39, 0.29) is 0 Å². The number of carbonyl (C=O) groups excluding carboxylic acids is 1. The first-order valence-corrected chi connectivity index (χ1v) is 11.4. The van der Waals surface area contributed by atoms with Crippen LogP contribution in [-0.2, 0) is 11.2 Å². The Hall–Kier alpha value is -2.30. The van der Waals surface area contributed by atoms with E-state index in [9.17, 15) is 4.79 Å². The maximum absolute atomic E-state index is 12.8. The molecule has 2 aromatic rings. The number of aryl methyl sites for hydroxylation is 1. The average Bonchev–Trinajstić information content (AvgIpc) is 3.46. The van der Waals surface area contributed by atoms with Gasteiger partial charge in [-0.1, -0.05) is 25.0 Å². The molecule has 1 atom stereocenters. The molecule has 5 heteroatoms. The molecule has 2 heterocycles. The fraction of sp³-hybridized carbons (Fsp3) is 0.583. The van der Waals surface area contributed by atoms with Crippen LogP contribution in [0.3, 0.4) is 0 Å². The molecule has 5 nitrogen and oxygen atoms in total. The number of hydrogen-bond acceptors (Lipinski definition) is 2. The Morgan fingerprint density at radius 3 is 2.83 bits per heavy atom. The van der Waals surface area contributed by atoms with Gasteiger partial charge >= 0.3 is 0 Å². The lowest BCUT2D eigenvalue weighted by molar-refractivity contribution is -0.133. The van der Waals surface area contributed by atoms with Crippen molar-refractivity contribution in [3.63, 3.8) is 0 Å². The van der Waals surface area contributed by atoms with E-state index in [1.54, 1.807) is 0 Å². The van der Waals surface area contributed by atoms with Gasteiger partial charge in [-0.3, -0.25) is 9.79 Å². The van der Waals surface area contributed by atoms with Crippen LogP contribution >= 0.6 is 0 Å². The molecule has 3 N–H and O–H groups in total. The van der Waals surface area contributed by atoms with Crippen molar-refractivity contribution in [3.8, 4) is 0 Å². The monoisotopic (exact) mass is 394 g/mol. The number of hydrogen-bond donors (Lipinski definition) is 2. The maximum atomic E-state index is 12.8. The van der Waals surface area contributed by atoms with Crippen LogP contribution in [0.4, 0.5) is 0 Å². The molecule has 1 saturated heterocycles. The van der Waals surface area contributed by atoms with E-state index in [0.717, 1.165) is 49.7 Å². The lowest BCUT2D eigenvalue weighted by atomic mass is 10.0. The molecule has 0 radical (unpaired) electrons. The van der Waals surface area contributed by atoms with E-state index in [1.165, 1.54) is 36.8 Å². The number of amides is 1. The number of nitrogens with two attached hydrogens (primary N) is 1. The summed E-state index contributed by atoms with van der Waals surface area (Å²) in [5.41, 5.74) is 9.35. The predicted molar refractivity (Wildman–Crippen MR) is 119 cm³/mol. The molecule has 29 heavy (non-hydrogen) atoms. The Morgan fingerprint density at radius 1 is 1.21 bits per heavy atom. The quantitative estimate of drug-likeness (QED) is 0.540. The maximum Gasteiger partial charge on any atom is 0.223 e. The molecular formula is C24H34N4O. The third-order valence-corrected chi connectivity index (χ3v) is 6.68. The summed E-state index contributed by atoms with van der Waals surface area (Å²) >= 11 is 0. The zero-order valence-corrected chi connectivity index (χ0v) is 17.6. The third-order valence-electron chi connectivity index (χ3n) is 6.68. The number of rotatable bonds is 7. The van der Waals surface area contributed by atoms with Crippen LogP contribution < -0.4 is 5.73 Å². The van der Waals surface area contributed by atoms with Gasteiger partial charge in [0, 0.05) is 42.3 Å². The van der Waals surface area contributed by atoms with Crippen LogP contribution in [0, 0.1) is 5.92 Å². The van der Waals surface area contributed by atoms with Crippen LogP contribution in [0.2, 0.25) is 0 Å². The first kappa shape index (κ1) is 20.0. The summed E-state index contributed by atoms with van der Waals surface area (Å²) < 4.78 is 0. The average molecular weight is 395 g/mol. The highest BCUT2D eigenvalue weighted by molar-refractivity contribution is 6.00. The number of aromatic amines is 1. The second kappa shape index (κ2) is 9.02. The predicted octanol–water partition coefficient (Wildman–Crippen LogP) is 4.40. The van der Waals surface area contributed by atoms with E-state index >= 15 is 0 Å². The van der Waals surface area contributed by atoms with Crippen molar-refractivity contribution in [2.45, 2.75) is 70.8 Å². The first-order chi connectivity index (χ1) is 14.1. The standard InChI is InChI=1S/C24H34N4O/c1-2-26-24(25)19-10-9-18-15-20(27-22(18)16-19)11-12-21-8-5-13-28(21)23(29)14-17-6-3-4-7-17/h9-10,15-17,21,27H,2-8,11-14H2,1H3,(H2,25,26)/t21-/m0/s1. The molecular weight excluding hydrogens is 360 g/mol. The zero-order chi connectivity index (χ0) is 20.2. The van der Waals surface area contributed by atoms with Crippen LogP contribution in [0.15, 0.2) is 29.3 Å². The Balaban J connectivity index is 1.38. The van der Waals surface area contributed by atoms with Gasteiger partial charge < -0.3 is 15.6 Å². The summed E-state index contributed by atoms with van der Waals surface area (Å²) in [6.45, 7) is 3.63. The van der Waals surface area contributed by atoms with Gasteiger partial charge in [0.15, 0.2) is 0 Å². The minimum atomic E-state index is 0.395. The second-order valence-electron chi connectivity index (χ2n) is 8.73.